The van der Waals surface area contributed by atoms with E-state index in [1.165, 1.54) is 14.0 Å². The van der Waals surface area contributed by atoms with Gasteiger partial charge >= 0.3 is 6.09 Å². The van der Waals surface area contributed by atoms with Crippen molar-refractivity contribution in [1.82, 2.24) is 10.6 Å². The number of aliphatic imine (C=N–C) groups is 1. The van der Waals surface area contributed by atoms with Crippen LogP contribution in [0.3, 0.4) is 0 Å². The van der Waals surface area contributed by atoms with E-state index in [0.717, 1.165) is 32.1 Å². The Morgan fingerprint density at radius 3 is 2.33 bits per heavy atom. The molecule has 0 spiro atoms. The van der Waals surface area contributed by atoms with Crippen LogP contribution in [0.5, 0.6) is 11.5 Å². The summed E-state index contributed by atoms with van der Waals surface area (Å²) in [4.78, 5) is 40.7. The van der Waals surface area contributed by atoms with Gasteiger partial charge in [0.1, 0.15) is 11.5 Å². The molecule has 0 heterocycles. The molecule has 3 rings (SSSR count). The number of carbonyl (C=O) groups is 3. The van der Waals surface area contributed by atoms with E-state index in [9.17, 15) is 14.4 Å². The molecule has 0 aliphatic heterocycles. The molecule has 0 radical (unpaired) electrons. The number of para-hydroxylation sites is 1. The molecule has 3 amide bonds. The highest BCUT2D eigenvalue weighted by Crippen LogP contribution is 2.32. The Labute approximate surface area is 192 Å². The highest BCUT2D eigenvalue weighted by molar-refractivity contribution is 6.05. The fraction of sp³-hybridized carbons (Fsp3) is 0.333. The summed E-state index contributed by atoms with van der Waals surface area (Å²) < 4.78 is 10.5. The number of anilines is 1. The molecule has 1 saturated carbocycles. The summed E-state index contributed by atoms with van der Waals surface area (Å²) in [6.45, 7) is 1.37. The van der Waals surface area contributed by atoms with Crippen LogP contribution in [0, 0.1) is 5.92 Å². The highest BCUT2D eigenvalue weighted by atomic mass is 16.5. The molecule has 3 N–H and O–H groups in total. The van der Waals surface area contributed by atoms with Gasteiger partial charge in [0.2, 0.25) is 17.8 Å². The predicted octanol–water partition coefficient (Wildman–Crippen LogP) is 4.48. The number of hydrogen-bond donors (Lipinski definition) is 3. The van der Waals surface area contributed by atoms with Gasteiger partial charge in [-0.25, -0.2) is 9.79 Å². The number of nitrogens with one attached hydrogen (secondary N) is 3. The molecule has 2 aromatic carbocycles. The zero-order valence-electron chi connectivity index (χ0n) is 18.7. The van der Waals surface area contributed by atoms with Crippen molar-refractivity contribution >= 4 is 35.2 Å². The first-order valence-electron chi connectivity index (χ1n) is 10.8. The first-order chi connectivity index (χ1) is 15.9. The number of alkyl carbamates (subject to hydrolysis) is 1. The van der Waals surface area contributed by atoms with E-state index in [4.69, 9.17) is 4.74 Å². The van der Waals surface area contributed by atoms with E-state index in [1.54, 1.807) is 18.2 Å². The van der Waals surface area contributed by atoms with Crippen LogP contribution in [0.25, 0.3) is 0 Å². The molecule has 1 aliphatic carbocycles. The maximum atomic E-state index is 12.7. The van der Waals surface area contributed by atoms with Gasteiger partial charge in [-0.15, -0.1) is 0 Å². The maximum Gasteiger partial charge on any atom is 0.413 e. The lowest BCUT2D eigenvalue weighted by Gasteiger charge is -2.21. The molecule has 2 aromatic rings. The Hall–Kier alpha value is -3.88. The zero-order valence-corrected chi connectivity index (χ0v) is 18.7. The third kappa shape index (κ3) is 7.34. The number of benzene rings is 2. The number of nitrogens with zero attached hydrogens (tertiary/aromatic N) is 1. The number of amides is 3. The monoisotopic (exact) mass is 452 g/mol. The van der Waals surface area contributed by atoms with Gasteiger partial charge in [-0.05, 0) is 37.1 Å². The number of methoxy groups -OCH3 is 1. The Bertz CT molecular complexity index is 1020. The van der Waals surface area contributed by atoms with E-state index in [2.05, 4.69) is 25.7 Å². The first-order valence-corrected chi connectivity index (χ1v) is 10.8. The van der Waals surface area contributed by atoms with E-state index >= 15 is 0 Å². The van der Waals surface area contributed by atoms with E-state index < -0.39 is 6.09 Å². The number of carbonyl (C=O) groups excluding carboxylic acids is 3. The summed E-state index contributed by atoms with van der Waals surface area (Å²) in [5.41, 5.74) is 0.674. The molecule has 0 saturated heterocycles. The third-order valence-electron chi connectivity index (χ3n) is 5.11. The Balaban J connectivity index is 1.88. The smallest absolute Gasteiger partial charge is 0.413 e. The van der Waals surface area contributed by atoms with Crippen LogP contribution in [-0.2, 0) is 14.3 Å². The summed E-state index contributed by atoms with van der Waals surface area (Å²) in [7, 11) is 1.22. The van der Waals surface area contributed by atoms with Crippen molar-refractivity contribution in [2.75, 3.05) is 12.4 Å². The highest BCUT2D eigenvalue weighted by Gasteiger charge is 2.23. The maximum absolute atomic E-state index is 12.7. The van der Waals surface area contributed by atoms with Crippen molar-refractivity contribution in [2.45, 2.75) is 39.0 Å². The Kier molecular flexibility index (Phi) is 8.40. The van der Waals surface area contributed by atoms with Crippen LogP contribution in [-0.4, -0.2) is 31.0 Å². The van der Waals surface area contributed by atoms with Crippen molar-refractivity contribution < 1.29 is 23.9 Å². The average Bonchev–Trinajstić information content (AvgIpc) is 2.81. The van der Waals surface area contributed by atoms with Crippen molar-refractivity contribution in [2.24, 2.45) is 10.9 Å². The minimum absolute atomic E-state index is 0.0826. The van der Waals surface area contributed by atoms with E-state index in [0.29, 0.717) is 22.9 Å². The fourth-order valence-electron chi connectivity index (χ4n) is 3.53. The minimum Gasteiger partial charge on any atom is -0.457 e. The molecule has 0 bridgehead atoms. The van der Waals surface area contributed by atoms with Crippen molar-refractivity contribution in [1.29, 1.82) is 0 Å². The number of hydrogen-bond acceptors (Lipinski definition) is 6. The first kappa shape index (κ1) is 23.8. The van der Waals surface area contributed by atoms with Gasteiger partial charge in [-0.3, -0.25) is 20.2 Å². The lowest BCUT2D eigenvalue weighted by Crippen LogP contribution is -2.46. The minimum atomic E-state index is -0.775. The molecule has 9 nitrogen and oxygen atoms in total. The predicted molar refractivity (Wildman–Crippen MR) is 125 cm³/mol. The van der Waals surface area contributed by atoms with Crippen molar-refractivity contribution in [3.05, 3.63) is 48.5 Å². The summed E-state index contributed by atoms with van der Waals surface area (Å²) in [6.07, 6.45) is 3.90. The quantitative estimate of drug-likeness (QED) is 0.457. The summed E-state index contributed by atoms with van der Waals surface area (Å²) in [5.74, 6) is 0.376. The molecule has 174 valence electrons. The van der Waals surface area contributed by atoms with Gasteiger partial charge in [-0.1, -0.05) is 37.5 Å². The third-order valence-corrected chi connectivity index (χ3v) is 5.11. The number of guanidine groups is 1. The zero-order chi connectivity index (χ0) is 23.6. The number of rotatable bonds is 5. The van der Waals surface area contributed by atoms with Gasteiger partial charge in [0.05, 0.1) is 18.5 Å². The van der Waals surface area contributed by atoms with E-state index in [1.807, 2.05) is 30.3 Å². The lowest BCUT2D eigenvalue weighted by molar-refractivity contribution is -0.124. The lowest BCUT2D eigenvalue weighted by atomic mass is 9.89. The van der Waals surface area contributed by atoms with Crippen LogP contribution >= 0.6 is 0 Å². The Morgan fingerprint density at radius 2 is 1.67 bits per heavy atom. The normalized spacial score (nSPS) is 14.2. The SMILES string of the molecule is COC(=O)NC(=Nc1ccc(Oc2ccccc2)cc1NC(C)=O)NC(=O)C1CCCCC1. The standard InChI is InChI=1S/C24H28N4O5/c1-16(29)25-21-15-19(33-18-11-7-4-8-12-18)13-14-20(21)26-23(28-24(31)32-2)27-22(30)17-9-5-3-6-10-17/h4,7-8,11-15,17H,3,5-6,9-10H2,1-2H3,(H,25,29)(H2,26,27,28,30,31). The summed E-state index contributed by atoms with van der Waals surface area (Å²) in [5, 5.41) is 7.83. The summed E-state index contributed by atoms with van der Waals surface area (Å²) >= 11 is 0. The molecular weight excluding hydrogens is 424 g/mol. The fourth-order valence-corrected chi connectivity index (χ4v) is 3.53. The van der Waals surface area contributed by atoms with Crippen molar-refractivity contribution in [3.63, 3.8) is 0 Å². The van der Waals surface area contributed by atoms with Gasteiger partial charge in [-0.2, -0.15) is 0 Å². The topological polar surface area (TPSA) is 118 Å². The second-order valence-electron chi connectivity index (χ2n) is 7.68. The van der Waals surface area contributed by atoms with Gasteiger partial charge in [0.25, 0.3) is 0 Å². The molecule has 9 heteroatoms. The van der Waals surface area contributed by atoms with Crippen LogP contribution in [0.2, 0.25) is 0 Å². The van der Waals surface area contributed by atoms with Crippen LogP contribution in [0.4, 0.5) is 16.2 Å². The van der Waals surface area contributed by atoms with E-state index in [-0.39, 0.29) is 23.7 Å². The van der Waals surface area contributed by atoms with Gasteiger partial charge < -0.3 is 14.8 Å². The second-order valence-corrected chi connectivity index (χ2v) is 7.68. The van der Waals surface area contributed by atoms with Gasteiger partial charge in [0.15, 0.2) is 0 Å². The number of ether oxygens (including phenoxy) is 2. The molecule has 33 heavy (non-hydrogen) atoms. The molecule has 0 atom stereocenters. The molecule has 0 unspecified atom stereocenters. The molecule has 1 aliphatic rings. The second kappa shape index (κ2) is 11.7. The largest absolute Gasteiger partial charge is 0.457 e. The van der Waals surface area contributed by atoms with Crippen LogP contribution < -0.4 is 20.7 Å². The van der Waals surface area contributed by atoms with Gasteiger partial charge in [0, 0.05) is 18.9 Å². The van der Waals surface area contributed by atoms with Crippen LogP contribution in [0.15, 0.2) is 53.5 Å². The average molecular weight is 453 g/mol. The summed E-state index contributed by atoms with van der Waals surface area (Å²) in [6, 6.07) is 14.1. The van der Waals surface area contributed by atoms with Crippen molar-refractivity contribution in [3.8, 4) is 11.5 Å². The molecular formula is C24H28N4O5. The molecule has 1 fully saturated rings. The molecule has 0 aromatic heterocycles. The van der Waals surface area contributed by atoms with Crippen LogP contribution in [0.1, 0.15) is 39.0 Å². The Morgan fingerprint density at radius 1 is 0.939 bits per heavy atom.